The number of amides is 1. The summed E-state index contributed by atoms with van der Waals surface area (Å²) < 4.78 is 7.51. The van der Waals surface area contributed by atoms with Crippen LogP contribution in [0.4, 0.5) is 0 Å². The SMILES string of the molecule is O=C(Cc1noc2ccccc12)N1CCn2c(-c3cccs3)cnc2C1. The van der Waals surface area contributed by atoms with Crippen LogP contribution < -0.4 is 0 Å². The van der Waals surface area contributed by atoms with Crippen molar-refractivity contribution in [3.8, 4) is 10.6 Å². The molecule has 0 radical (unpaired) electrons. The second kappa shape index (κ2) is 6.10. The maximum absolute atomic E-state index is 12.8. The average Bonchev–Trinajstić information content (AvgIpc) is 3.40. The lowest BCUT2D eigenvalue weighted by molar-refractivity contribution is -0.132. The largest absolute Gasteiger partial charge is 0.356 e. The van der Waals surface area contributed by atoms with Gasteiger partial charge in [0.1, 0.15) is 11.5 Å². The highest BCUT2D eigenvalue weighted by atomic mass is 32.1. The van der Waals surface area contributed by atoms with Gasteiger partial charge in [-0.3, -0.25) is 4.79 Å². The van der Waals surface area contributed by atoms with Crippen LogP contribution in [-0.4, -0.2) is 32.1 Å². The third kappa shape index (κ3) is 2.52. The van der Waals surface area contributed by atoms with Crippen molar-refractivity contribution >= 4 is 28.2 Å². The van der Waals surface area contributed by atoms with Gasteiger partial charge in [0.15, 0.2) is 5.58 Å². The molecule has 6 nitrogen and oxygen atoms in total. The minimum absolute atomic E-state index is 0.0518. The number of nitrogens with zero attached hydrogens (tertiary/aromatic N) is 4. The standard InChI is InChI=1S/C19H16N4O2S/c24-19(10-14-13-4-1-2-5-16(13)25-21-14)22-7-8-23-15(11-20-18(23)12-22)17-6-3-9-26-17/h1-6,9,11H,7-8,10,12H2. The number of carbonyl (C=O) groups excluding carboxylic acids is 1. The Hall–Kier alpha value is -2.93. The van der Waals surface area contributed by atoms with Gasteiger partial charge in [0.25, 0.3) is 0 Å². The van der Waals surface area contributed by atoms with E-state index in [1.54, 1.807) is 11.3 Å². The Balaban J connectivity index is 1.35. The number of hydrogen-bond acceptors (Lipinski definition) is 5. The van der Waals surface area contributed by atoms with Crippen molar-refractivity contribution in [3.05, 3.63) is 59.5 Å². The van der Waals surface area contributed by atoms with Gasteiger partial charge >= 0.3 is 0 Å². The van der Waals surface area contributed by atoms with E-state index in [9.17, 15) is 4.79 Å². The fourth-order valence-electron chi connectivity index (χ4n) is 3.41. The molecule has 1 aliphatic heterocycles. The Bertz CT molecular complexity index is 1080. The van der Waals surface area contributed by atoms with E-state index in [-0.39, 0.29) is 12.3 Å². The molecule has 0 N–H and O–H groups in total. The number of carbonyl (C=O) groups is 1. The molecule has 0 aliphatic carbocycles. The fraction of sp³-hybridized carbons (Fsp3) is 0.211. The Morgan fingerprint density at radius 2 is 2.12 bits per heavy atom. The van der Waals surface area contributed by atoms with E-state index in [0.717, 1.165) is 23.4 Å². The summed E-state index contributed by atoms with van der Waals surface area (Å²) in [6.07, 6.45) is 2.15. The Labute approximate surface area is 153 Å². The molecule has 0 spiro atoms. The van der Waals surface area contributed by atoms with Gasteiger partial charge in [-0.1, -0.05) is 23.4 Å². The maximum Gasteiger partial charge on any atom is 0.229 e. The molecular weight excluding hydrogens is 348 g/mol. The van der Waals surface area contributed by atoms with E-state index >= 15 is 0 Å². The summed E-state index contributed by atoms with van der Waals surface area (Å²) in [6, 6.07) is 11.8. The van der Waals surface area contributed by atoms with Crippen LogP contribution in [0.5, 0.6) is 0 Å². The van der Waals surface area contributed by atoms with Crippen molar-refractivity contribution in [3.63, 3.8) is 0 Å². The molecule has 1 aliphatic rings. The number of imidazole rings is 1. The highest BCUT2D eigenvalue weighted by Crippen LogP contribution is 2.28. The van der Waals surface area contributed by atoms with E-state index in [1.165, 1.54) is 4.88 Å². The quantitative estimate of drug-likeness (QED) is 0.559. The zero-order chi connectivity index (χ0) is 17.5. The summed E-state index contributed by atoms with van der Waals surface area (Å²) >= 11 is 1.70. The predicted molar refractivity (Wildman–Crippen MR) is 98.7 cm³/mol. The van der Waals surface area contributed by atoms with E-state index in [0.29, 0.717) is 24.4 Å². The summed E-state index contributed by atoms with van der Waals surface area (Å²) in [4.78, 5) is 20.4. The van der Waals surface area contributed by atoms with Crippen LogP contribution in [0.2, 0.25) is 0 Å². The van der Waals surface area contributed by atoms with E-state index < -0.39 is 0 Å². The Morgan fingerprint density at radius 3 is 3.00 bits per heavy atom. The van der Waals surface area contributed by atoms with Crippen LogP contribution in [0.1, 0.15) is 11.5 Å². The number of rotatable bonds is 3. The molecule has 4 heterocycles. The lowest BCUT2D eigenvalue weighted by atomic mass is 10.1. The van der Waals surface area contributed by atoms with Gasteiger partial charge < -0.3 is 14.0 Å². The first-order valence-corrected chi connectivity index (χ1v) is 9.37. The van der Waals surface area contributed by atoms with Crippen molar-refractivity contribution in [2.24, 2.45) is 0 Å². The minimum Gasteiger partial charge on any atom is -0.356 e. The average molecular weight is 364 g/mol. The molecule has 1 aromatic carbocycles. The number of para-hydroxylation sites is 1. The number of aromatic nitrogens is 3. The molecule has 0 bridgehead atoms. The van der Waals surface area contributed by atoms with Gasteiger partial charge in [0.05, 0.1) is 29.7 Å². The number of hydrogen-bond donors (Lipinski definition) is 0. The van der Waals surface area contributed by atoms with Crippen LogP contribution in [0, 0.1) is 0 Å². The fourth-order valence-corrected chi connectivity index (χ4v) is 4.16. The lowest BCUT2D eigenvalue weighted by Crippen LogP contribution is -2.39. The number of fused-ring (bicyclic) bond motifs is 2. The number of thiophene rings is 1. The first kappa shape index (κ1) is 15.3. The smallest absolute Gasteiger partial charge is 0.229 e. The molecule has 5 rings (SSSR count). The van der Waals surface area contributed by atoms with Gasteiger partial charge in [-0.2, -0.15) is 0 Å². The van der Waals surface area contributed by atoms with Crippen LogP contribution >= 0.6 is 11.3 Å². The predicted octanol–water partition coefficient (Wildman–Crippen LogP) is 3.34. The molecule has 0 saturated carbocycles. The summed E-state index contributed by atoms with van der Waals surface area (Å²) in [5.41, 5.74) is 2.54. The normalized spacial score (nSPS) is 13.9. The molecule has 0 unspecified atom stereocenters. The molecular formula is C19H16N4O2S. The summed E-state index contributed by atoms with van der Waals surface area (Å²) in [6.45, 7) is 1.96. The summed E-state index contributed by atoms with van der Waals surface area (Å²) in [5.74, 6) is 0.981. The monoisotopic (exact) mass is 364 g/mol. The third-order valence-corrected chi connectivity index (χ3v) is 5.65. The van der Waals surface area contributed by atoms with Crippen LogP contribution in [0.25, 0.3) is 21.5 Å². The summed E-state index contributed by atoms with van der Waals surface area (Å²) in [7, 11) is 0. The maximum atomic E-state index is 12.8. The zero-order valence-corrected chi connectivity index (χ0v) is 14.8. The molecule has 130 valence electrons. The minimum atomic E-state index is 0.0518. The molecule has 0 fully saturated rings. The zero-order valence-electron chi connectivity index (χ0n) is 14.0. The van der Waals surface area contributed by atoms with E-state index in [2.05, 4.69) is 26.2 Å². The first-order chi connectivity index (χ1) is 12.8. The molecule has 0 atom stereocenters. The van der Waals surface area contributed by atoms with Crippen molar-refractivity contribution in [1.29, 1.82) is 0 Å². The van der Waals surface area contributed by atoms with Crippen molar-refractivity contribution < 1.29 is 9.32 Å². The lowest BCUT2D eigenvalue weighted by Gasteiger charge is -2.28. The van der Waals surface area contributed by atoms with Gasteiger partial charge in [-0.05, 0) is 23.6 Å². The van der Waals surface area contributed by atoms with Gasteiger partial charge in [0, 0.05) is 18.5 Å². The van der Waals surface area contributed by atoms with Crippen LogP contribution in [0.15, 0.2) is 52.5 Å². The molecule has 1 amide bonds. The van der Waals surface area contributed by atoms with Crippen molar-refractivity contribution in [2.45, 2.75) is 19.5 Å². The van der Waals surface area contributed by atoms with Crippen LogP contribution in [0.3, 0.4) is 0 Å². The first-order valence-electron chi connectivity index (χ1n) is 8.49. The highest BCUT2D eigenvalue weighted by Gasteiger charge is 2.25. The van der Waals surface area contributed by atoms with E-state index in [4.69, 9.17) is 4.52 Å². The highest BCUT2D eigenvalue weighted by molar-refractivity contribution is 7.13. The molecule has 3 aromatic heterocycles. The Morgan fingerprint density at radius 1 is 1.19 bits per heavy atom. The van der Waals surface area contributed by atoms with E-state index in [1.807, 2.05) is 41.4 Å². The van der Waals surface area contributed by atoms with Gasteiger partial charge in [-0.25, -0.2) is 4.98 Å². The molecule has 26 heavy (non-hydrogen) atoms. The van der Waals surface area contributed by atoms with Gasteiger partial charge in [-0.15, -0.1) is 11.3 Å². The second-order valence-electron chi connectivity index (χ2n) is 6.31. The van der Waals surface area contributed by atoms with Crippen molar-refractivity contribution in [1.82, 2.24) is 19.6 Å². The summed E-state index contributed by atoms with van der Waals surface area (Å²) in [5, 5.41) is 7.04. The second-order valence-corrected chi connectivity index (χ2v) is 7.25. The Kier molecular flexibility index (Phi) is 3.60. The topological polar surface area (TPSA) is 64.2 Å². The van der Waals surface area contributed by atoms with Crippen molar-refractivity contribution in [2.75, 3.05) is 6.54 Å². The van der Waals surface area contributed by atoms with Crippen LogP contribution in [-0.2, 0) is 24.3 Å². The molecule has 0 saturated heterocycles. The van der Waals surface area contributed by atoms with Gasteiger partial charge in [0.2, 0.25) is 5.91 Å². The molecule has 7 heteroatoms. The molecule has 4 aromatic rings. The number of benzene rings is 1. The third-order valence-electron chi connectivity index (χ3n) is 4.76.